The van der Waals surface area contributed by atoms with E-state index in [-0.39, 0.29) is 28.8 Å². The molecule has 0 spiro atoms. The molecule has 2 aromatic carbocycles. The molecule has 1 aliphatic rings. The average Bonchev–Trinajstić information content (AvgIpc) is 2.54. The first-order valence-electron chi connectivity index (χ1n) is 7.81. The van der Waals surface area contributed by atoms with Crippen LogP contribution >= 0.6 is 0 Å². The molecule has 1 saturated carbocycles. The molecular formula is C18H15F3N2O2. The van der Waals surface area contributed by atoms with Crippen LogP contribution in [-0.2, 0) is 0 Å². The van der Waals surface area contributed by atoms with Crippen molar-refractivity contribution in [1.82, 2.24) is 5.32 Å². The summed E-state index contributed by atoms with van der Waals surface area (Å²) >= 11 is 0. The standard InChI is InChI=1S/C18H15F3N2O2/c19-14-6-4-10(17(24)22-11-2-1-3-11)8-13(14)18(25)23-12-5-7-15(20)16(21)9-12/h4-9,11H,1-3H2,(H,22,24)(H,23,25). The second kappa shape index (κ2) is 6.96. The lowest BCUT2D eigenvalue weighted by Crippen LogP contribution is -2.39. The SMILES string of the molecule is O=C(NC1CCC1)c1ccc(F)c(C(=O)Nc2ccc(F)c(F)c2)c1. The first-order valence-corrected chi connectivity index (χ1v) is 7.81. The lowest BCUT2D eigenvalue weighted by molar-refractivity contribution is 0.0917. The Morgan fingerprint density at radius 1 is 0.880 bits per heavy atom. The van der Waals surface area contributed by atoms with E-state index in [1.807, 2.05) is 0 Å². The van der Waals surface area contributed by atoms with Gasteiger partial charge in [0.25, 0.3) is 11.8 Å². The fraction of sp³-hybridized carbons (Fsp3) is 0.222. The Labute approximate surface area is 142 Å². The zero-order valence-electron chi connectivity index (χ0n) is 13.1. The predicted molar refractivity (Wildman–Crippen MR) is 85.8 cm³/mol. The lowest BCUT2D eigenvalue weighted by Gasteiger charge is -2.26. The molecule has 1 fully saturated rings. The molecule has 0 heterocycles. The number of carbonyl (C=O) groups excluding carboxylic acids is 2. The summed E-state index contributed by atoms with van der Waals surface area (Å²) in [5, 5.41) is 5.08. The van der Waals surface area contributed by atoms with Gasteiger partial charge in [-0.05, 0) is 49.6 Å². The van der Waals surface area contributed by atoms with Crippen LogP contribution in [0.15, 0.2) is 36.4 Å². The summed E-state index contributed by atoms with van der Waals surface area (Å²) < 4.78 is 40.0. The number of benzene rings is 2. The molecule has 3 rings (SSSR count). The van der Waals surface area contributed by atoms with Crippen molar-refractivity contribution < 1.29 is 22.8 Å². The maximum absolute atomic E-state index is 13.9. The van der Waals surface area contributed by atoms with Crippen molar-refractivity contribution in [2.75, 3.05) is 5.32 Å². The van der Waals surface area contributed by atoms with Gasteiger partial charge >= 0.3 is 0 Å². The topological polar surface area (TPSA) is 58.2 Å². The molecule has 0 aliphatic heterocycles. The Hall–Kier alpha value is -2.83. The Bertz CT molecular complexity index is 835. The van der Waals surface area contributed by atoms with E-state index in [2.05, 4.69) is 10.6 Å². The van der Waals surface area contributed by atoms with Gasteiger partial charge in [0.05, 0.1) is 5.56 Å². The number of hydrogen-bond donors (Lipinski definition) is 2. The monoisotopic (exact) mass is 348 g/mol. The van der Waals surface area contributed by atoms with Crippen molar-refractivity contribution >= 4 is 17.5 Å². The van der Waals surface area contributed by atoms with Gasteiger partial charge in [0.2, 0.25) is 0 Å². The van der Waals surface area contributed by atoms with Gasteiger partial charge in [-0.3, -0.25) is 9.59 Å². The summed E-state index contributed by atoms with van der Waals surface area (Å²) in [6, 6.07) is 6.35. The van der Waals surface area contributed by atoms with Crippen LogP contribution in [0.2, 0.25) is 0 Å². The van der Waals surface area contributed by atoms with Crippen molar-refractivity contribution in [2.45, 2.75) is 25.3 Å². The Morgan fingerprint density at radius 3 is 2.24 bits per heavy atom. The smallest absolute Gasteiger partial charge is 0.258 e. The second-order valence-corrected chi connectivity index (χ2v) is 5.88. The molecule has 0 saturated heterocycles. The van der Waals surface area contributed by atoms with Gasteiger partial charge in [-0.15, -0.1) is 0 Å². The quantitative estimate of drug-likeness (QED) is 0.886. The molecule has 1 aliphatic carbocycles. The molecule has 0 bridgehead atoms. The summed E-state index contributed by atoms with van der Waals surface area (Å²) in [5.74, 6) is -4.25. The zero-order valence-corrected chi connectivity index (χ0v) is 13.1. The Balaban J connectivity index is 1.77. The maximum Gasteiger partial charge on any atom is 0.258 e. The molecule has 0 aromatic heterocycles. The predicted octanol–water partition coefficient (Wildman–Crippen LogP) is 3.64. The minimum absolute atomic E-state index is 0.0207. The van der Waals surface area contributed by atoms with Crippen LogP contribution in [0, 0.1) is 17.5 Å². The number of anilines is 1. The normalized spacial score (nSPS) is 13.9. The van der Waals surface area contributed by atoms with E-state index in [0.717, 1.165) is 49.6 Å². The summed E-state index contributed by atoms with van der Waals surface area (Å²) in [7, 11) is 0. The van der Waals surface area contributed by atoms with E-state index >= 15 is 0 Å². The molecule has 2 amide bonds. The highest BCUT2D eigenvalue weighted by atomic mass is 19.2. The van der Waals surface area contributed by atoms with Gasteiger partial charge in [-0.1, -0.05) is 0 Å². The van der Waals surface area contributed by atoms with E-state index in [1.54, 1.807) is 0 Å². The molecule has 2 aromatic rings. The largest absolute Gasteiger partial charge is 0.349 e. The molecule has 0 atom stereocenters. The molecule has 25 heavy (non-hydrogen) atoms. The fourth-order valence-electron chi connectivity index (χ4n) is 2.43. The van der Waals surface area contributed by atoms with Crippen LogP contribution < -0.4 is 10.6 Å². The first kappa shape index (κ1) is 17.0. The van der Waals surface area contributed by atoms with Crippen molar-refractivity contribution in [1.29, 1.82) is 0 Å². The van der Waals surface area contributed by atoms with Crippen LogP contribution in [0.3, 0.4) is 0 Å². The summed E-state index contributed by atoms with van der Waals surface area (Å²) in [5.41, 5.74) is -0.220. The summed E-state index contributed by atoms with van der Waals surface area (Å²) in [6.07, 6.45) is 2.85. The number of halogens is 3. The number of hydrogen-bond acceptors (Lipinski definition) is 2. The number of rotatable bonds is 4. The third-order valence-corrected chi connectivity index (χ3v) is 4.09. The zero-order chi connectivity index (χ0) is 18.0. The number of nitrogens with one attached hydrogen (secondary N) is 2. The van der Waals surface area contributed by atoms with E-state index in [1.165, 1.54) is 6.07 Å². The van der Waals surface area contributed by atoms with Crippen molar-refractivity contribution in [3.05, 3.63) is 65.0 Å². The lowest BCUT2D eigenvalue weighted by atomic mass is 9.93. The second-order valence-electron chi connectivity index (χ2n) is 5.88. The minimum atomic E-state index is -1.13. The molecule has 130 valence electrons. The van der Waals surface area contributed by atoms with Gasteiger partial charge in [0.15, 0.2) is 11.6 Å². The van der Waals surface area contributed by atoms with E-state index < -0.39 is 23.4 Å². The van der Waals surface area contributed by atoms with Crippen molar-refractivity contribution in [3.8, 4) is 0 Å². The van der Waals surface area contributed by atoms with Gasteiger partial charge in [0, 0.05) is 23.4 Å². The third kappa shape index (κ3) is 3.81. The molecule has 0 unspecified atom stereocenters. The van der Waals surface area contributed by atoms with Gasteiger partial charge < -0.3 is 10.6 Å². The highest BCUT2D eigenvalue weighted by molar-refractivity contribution is 6.06. The van der Waals surface area contributed by atoms with Gasteiger partial charge in [-0.25, -0.2) is 13.2 Å². The Morgan fingerprint density at radius 2 is 1.60 bits per heavy atom. The summed E-state index contributed by atoms with van der Waals surface area (Å²) in [4.78, 5) is 24.3. The third-order valence-electron chi connectivity index (χ3n) is 4.09. The van der Waals surface area contributed by atoms with Crippen molar-refractivity contribution in [3.63, 3.8) is 0 Å². The van der Waals surface area contributed by atoms with Crippen LogP contribution in [0.4, 0.5) is 18.9 Å². The summed E-state index contributed by atoms with van der Waals surface area (Å²) in [6.45, 7) is 0. The molecule has 0 radical (unpaired) electrons. The van der Waals surface area contributed by atoms with Gasteiger partial charge in [-0.2, -0.15) is 0 Å². The maximum atomic E-state index is 13.9. The van der Waals surface area contributed by atoms with Crippen LogP contribution in [0.1, 0.15) is 40.0 Å². The van der Waals surface area contributed by atoms with E-state index in [9.17, 15) is 22.8 Å². The number of carbonyl (C=O) groups is 2. The number of amides is 2. The van der Waals surface area contributed by atoms with E-state index in [0.29, 0.717) is 0 Å². The fourth-order valence-corrected chi connectivity index (χ4v) is 2.43. The highest BCUT2D eigenvalue weighted by Gasteiger charge is 2.21. The minimum Gasteiger partial charge on any atom is -0.349 e. The van der Waals surface area contributed by atoms with Crippen LogP contribution in [0.5, 0.6) is 0 Å². The van der Waals surface area contributed by atoms with E-state index in [4.69, 9.17) is 0 Å². The molecule has 4 nitrogen and oxygen atoms in total. The average molecular weight is 348 g/mol. The van der Waals surface area contributed by atoms with Crippen molar-refractivity contribution in [2.24, 2.45) is 0 Å². The van der Waals surface area contributed by atoms with Crippen LogP contribution in [0.25, 0.3) is 0 Å². The first-order chi connectivity index (χ1) is 11.9. The highest BCUT2D eigenvalue weighted by Crippen LogP contribution is 2.20. The molecule has 2 N–H and O–H groups in total. The van der Waals surface area contributed by atoms with Crippen LogP contribution in [-0.4, -0.2) is 17.9 Å². The molecular weight excluding hydrogens is 333 g/mol. The molecule has 7 heteroatoms. The van der Waals surface area contributed by atoms with Gasteiger partial charge in [0.1, 0.15) is 5.82 Å². The Kier molecular flexibility index (Phi) is 4.74.